The molecule has 0 aromatic rings. The van der Waals surface area contributed by atoms with E-state index in [1.807, 2.05) is 13.8 Å². The number of nitrogens with one attached hydrogen (secondary N) is 2. The molecule has 0 aromatic carbocycles. The molecular weight excluding hydrogens is 200 g/mol. The van der Waals surface area contributed by atoms with E-state index in [1.165, 1.54) is 6.42 Å². The van der Waals surface area contributed by atoms with Crippen molar-refractivity contribution in [1.82, 2.24) is 10.6 Å². The molecule has 0 aliphatic rings. The van der Waals surface area contributed by atoms with Crippen molar-refractivity contribution in [3.63, 3.8) is 0 Å². The molecule has 0 radical (unpaired) electrons. The molecule has 0 saturated carbocycles. The molecule has 2 N–H and O–H groups in total. The second-order valence-electron chi connectivity index (χ2n) is 5.17. The molecular formula is C13H28N2O. The zero-order valence-corrected chi connectivity index (χ0v) is 11.6. The summed E-state index contributed by atoms with van der Waals surface area (Å²) >= 11 is 0. The van der Waals surface area contributed by atoms with Crippen LogP contribution in [-0.4, -0.2) is 24.0 Å². The zero-order chi connectivity index (χ0) is 12.7. The van der Waals surface area contributed by atoms with Crippen LogP contribution in [0.5, 0.6) is 0 Å². The van der Waals surface area contributed by atoms with Crippen molar-refractivity contribution in [3.05, 3.63) is 0 Å². The van der Waals surface area contributed by atoms with Crippen molar-refractivity contribution in [1.29, 1.82) is 0 Å². The van der Waals surface area contributed by atoms with E-state index < -0.39 is 0 Å². The molecule has 16 heavy (non-hydrogen) atoms. The predicted octanol–water partition coefficient (Wildman–Crippen LogP) is 2.31. The minimum Gasteiger partial charge on any atom is -0.354 e. The van der Waals surface area contributed by atoms with Gasteiger partial charge in [-0.15, -0.1) is 0 Å². The van der Waals surface area contributed by atoms with Gasteiger partial charge < -0.3 is 10.6 Å². The third-order valence-corrected chi connectivity index (χ3v) is 2.99. The van der Waals surface area contributed by atoms with Gasteiger partial charge in [-0.3, -0.25) is 4.79 Å². The first-order chi connectivity index (χ1) is 7.36. The molecule has 0 aliphatic carbocycles. The van der Waals surface area contributed by atoms with E-state index in [4.69, 9.17) is 0 Å². The SMILES string of the molecule is CCC(C)C(C)NC(C)CC(=O)NC(C)C. The van der Waals surface area contributed by atoms with E-state index in [9.17, 15) is 4.79 Å². The molecule has 0 rings (SSSR count). The first kappa shape index (κ1) is 15.4. The summed E-state index contributed by atoms with van der Waals surface area (Å²) in [6.45, 7) is 12.6. The lowest BCUT2D eigenvalue weighted by Gasteiger charge is -2.24. The Morgan fingerprint density at radius 1 is 1.12 bits per heavy atom. The Balaban J connectivity index is 3.89. The summed E-state index contributed by atoms with van der Waals surface area (Å²) in [5.74, 6) is 0.780. The lowest BCUT2D eigenvalue weighted by atomic mass is 10.00. The summed E-state index contributed by atoms with van der Waals surface area (Å²) in [4.78, 5) is 11.5. The Bertz CT molecular complexity index is 204. The second kappa shape index (κ2) is 7.66. The first-order valence-electron chi connectivity index (χ1n) is 6.42. The summed E-state index contributed by atoms with van der Waals surface area (Å²) in [5, 5.41) is 6.39. The normalized spacial score (nSPS) is 16.9. The topological polar surface area (TPSA) is 41.1 Å². The van der Waals surface area contributed by atoms with Crippen molar-refractivity contribution < 1.29 is 4.79 Å². The van der Waals surface area contributed by atoms with Crippen molar-refractivity contribution >= 4 is 5.91 Å². The van der Waals surface area contributed by atoms with Crippen molar-refractivity contribution in [2.45, 2.75) is 72.5 Å². The molecule has 3 nitrogen and oxygen atoms in total. The Hall–Kier alpha value is -0.570. The number of hydrogen-bond acceptors (Lipinski definition) is 2. The van der Waals surface area contributed by atoms with Crippen LogP contribution in [0.2, 0.25) is 0 Å². The zero-order valence-electron chi connectivity index (χ0n) is 11.6. The summed E-state index contributed by atoms with van der Waals surface area (Å²) in [7, 11) is 0. The van der Waals surface area contributed by atoms with E-state index in [2.05, 4.69) is 38.3 Å². The van der Waals surface area contributed by atoms with Gasteiger partial charge in [-0.1, -0.05) is 20.3 Å². The standard InChI is InChI=1S/C13H28N2O/c1-7-10(4)12(6)15-11(5)8-13(16)14-9(2)3/h9-12,15H,7-8H2,1-6H3,(H,14,16). The molecule has 0 bridgehead atoms. The average molecular weight is 228 g/mol. The first-order valence-corrected chi connectivity index (χ1v) is 6.42. The van der Waals surface area contributed by atoms with Crippen LogP contribution in [0.4, 0.5) is 0 Å². The van der Waals surface area contributed by atoms with Gasteiger partial charge in [-0.2, -0.15) is 0 Å². The highest BCUT2D eigenvalue weighted by Gasteiger charge is 2.15. The number of rotatable bonds is 7. The summed E-state index contributed by atoms with van der Waals surface area (Å²) in [6.07, 6.45) is 1.72. The fourth-order valence-electron chi connectivity index (χ4n) is 1.68. The molecule has 3 atom stereocenters. The quantitative estimate of drug-likeness (QED) is 0.702. The molecule has 1 amide bonds. The highest BCUT2D eigenvalue weighted by Crippen LogP contribution is 2.08. The van der Waals surface area contributed by atoms with E-state index >= 15 is 0 Å². The van der Waals surface area contributed by atoms with Gasteiger partial charge in [-0.05, 0) is 33.6 Å². The van der Waals surface area contributed by atoms with Crippen LogP contribution in [-0.2, 0) is 4.79 Å². The number of hydrogen-bond donors (Lipinski definition) is 2. The molecule has 3 heteroatoms. The van der Waals surface area contributed by atoms with E-state index in [0.29, 0.717) is 18.4 Å². The third kappa shape index (κ3) is 6.83. The number of carbonyl (C=O) groups excluding carboxylic acids is 1. The van der Waals surface area contributed by atoms with Gasteiger partial charge in [0.1, 0.15) is 0 Å². The smallest absolute Gasteiger partial charge is 0.221 e. The van der Waals surface area contributed by atoms with Crippen LogP contribution in [0.15, 0.2) is 0 Å². The summed E-state index contributed by atoms with van der Waals surface area (Å²) in [6, 6.07) is 0.932. The lowest BCUT2D eigenvalue weighted by Crippen LogP contribution is -2.42. The maximum atomic E-state index is 11.5. The van der Waals surface area contributed by atoms with Crippen LogP contribution < -0.4 is 10.6 Å². The number of carbonyl (C=O) groups is 1. The fourth-order valence-corrected chi connectivity index (χ4v) is 1.68. The van der Waals surface area contributed by atoms with Gasteiger partial charge in [0.25, 0.3) is 0 Å². The Kier molecular flexibility index (Phi) is 7.39. The van der Waals surface area contributed by atoms with Crippen LogP contribution in [0, 0.1) is 5.92 Å². The fraction of sp³-hybridized carbons (Fsp3) is 0.923. The van der Waals surface area contributed by atoms with Gasteiger partial charge in [0.2, 0.25) is 5.91 Å². The Labute approximate surface area is 100 Å². The molecule has 0 saturated heterocycles. The highest BCUT2D eigenvalue weighted by atomic mass is 16.1. The van der Waals surface area contributed by atoms with E-state index in [-0.39, 0.29) is 18.0 Å². The molecule has 0 spiro atoms. The van der Waals surface area contributed by atoms with Gasteiger partial charge in [-0.25, -0.2) is 0 Å². The Morgan fingerprint density at radius 2 is 1.69 bits per heavy atom. The van der Waals surface area contributed by atoms with E-state index in [0.717, 1.165) is 0 Å². The molecule has 0 heterocycles. The molecule has 3 unspecified atom stereocenters. The second-order valence-corrected chi connectivity index (χ2v) is 5.17. The molecule has 0 fully saturated rings. The largest absolute Gasteiger partial charge is 0.354 e. The minimum atomic E-state index is 0.131. The van der Waals surface area contributed by atoms with E-state index in [1.54, 1.807) is 0 Å². The molecule has 0 aliphatic heterocycles. The van der Waals surface area contributed by atoms with Crippen molar-refractivity contribution in [2.75, 3.05) is 0 Å². The van der Waals surface area contributed by atoms with Gasteiger partial charge in [0.05, 0.1) is 0 Å². The maximum absolute atomic E-state index is 11.5. The van der Waals surface area contributed by atoms with Crippen molar-refractivity contribution in [3.8, 4) is 0 Å². The maximum Gasteiger partial charge on any atom is 0.221 e. The van der Waals surface area contributed by atoms with Crippen LogP contribution in [0.1, 0.15) is 54.4 Å². The Morgan fingerprint density at radius 3 is 2.12 bits per heavy atom. The summed E-state index contributed by atoms with van der Waals surface area (Å²) < 4.78 is 0. The highest BCUT2D eigenvalue weighted by molar-refractivity contribution is 5.76. The minimum absolute atomic E-state index is 0.131. The van der Waals surface area contributed by atoms with Gasteiger partial charge in [0.15, 0.2) is 0 Å². The van der Waals surface area contributed by atoms with Gasteiger partial charge >= 0.3 is 0 Å². The van der Waals surface area contributed by atoms with Crippen LogP contribution in [0.3, 0.4) is 0 Å². The lowest BCUT2D eigenvalue weighted by molar-refractivity contribution is -0.122. The van der Waals surface area contributed by atoms with Crippen LogP contribution >= 0.6 is 0 Å². The average Bonchev–Trinajstić information content (AvgIpc) is 2.14. The summed E-state index contributed by atoms with van der Waals surface area (Å²) in [5.41, 5.74) is 0. The predicted molar refractivity (Wildman–Crippen MR) is 69.4 cm³/mol. The molecule has 96 valence electrons. The third-order valence-electron chi connectivity index (χ3n) is 2.99. The van der Waals surface area contributed by atoms with Crippen LogP contribution in [0.25, 0.3) is 0 Å². The monoisotopic (exact) mass is 228 g/mol. The van der Waals surface area contributed by atoms with Gasteiger partial charge in [0, 0.05) is 24.5 Å². The number of amides is 1. The molecule has 0 aromatic heterocycles. The van der Waals surface area contributed by atoms with Crippen molar-refractivity contribution in [2.24, 2.45) is 5.92 Å².